The minimum atomic E-state index is -0.511. The summed E-state index contributed by atoms with van der Waals surface area (Å²) < 4.78 is 0. The molecule has 2 aromatic carbocycles. The van der Waals surface area contributed by atoms with Gasteiger partial charge >= 0.3 is 0 Å². The number of phenols is 1. The molecule has 3 atom stereocenters. The number of imide groups is 1. The lowest BCUT2D eigenvalue weighted by Gasteiger charge is -2.25. The molecule has 2 aliphatic rings. The van der Waals surface area contributed by atoms with Gasteiger partial charge in [0.15, 0.2) is 0 Å². The normalized spacial score (nSPS) is 25.2. The number of likely N-dealkylation sites (tertiary alicyclic amines) is 1. The van der Waals surface area contributed by atoms with E-state index in [1.165, 1.54) is 4.90 Å². The summed E-state index contributed by atoms with van der Waals surface area (Å²) in [6.07, 6.45) is 0.743. The topological polar surface area (TPSA) is 72.9 Å². The smallest absolute Gasteiger partial charge is 0.248 e. The van der Waals surface area contributed by atoms with Gasteiger partial charge in [0, 0.05) is 13.1 Å². The first-order chi connectivity index (χ1) is 13.1. The predicted molar refractivity (Wildman–Crippen MR) is 100 cm³/mol. The summed E-state index contributed by atoms with van der Waals surface area (Å²) in [6.45, 7) is 2.95. The first-order valence-corrected chi connectivity index (χ1v) is 9.31. The largest absolute Gasteiger partial charge is 0.508 e. The van der Waals surface area contributed by atoms with E-state index in [4.69, 9.17) is 0 Å². The van der Waals surface area contributed by atoms with Crippen LogP contribution in [0.5, 0.6) is 5.75 Å². The van der Waals surface area contributed by atoms with Gasteiger partial charge in [-0.05, 0) is 29.7 Å². The lowest BCUT2D eigenvalue weighted by molar-refractivity contribution is -0.141. The van der Waals surface area contributed by atoms with Crippen molar-refractivity contribution in [2.24, 2.45) is 5.92 Å². The Morgan fingerprint density at radius 1 is 1.00 bits per heavy atom. The molecule has 2 N–H and O–H groups in total. The zero-order valence-electron chi connectivity index (χ0n) is 15.2. The van der Waals surface area contributed by atoms with Gasteiger partial charge in [0.25, 0.3) is 0 Å². The fourth-order valence-corrected chi connectivity index (χ4v) is 4.06. The number of phenolic OH excluding ortho intramolecular Hbond substituents is 1. The Hall–Kier alpha value is -2.70. The molecule has 0 saturated carbocycles. The number of fused-ring (bicyclic) bond motifs is 1. The number of amides is 2. The molecule has 0 radical (unpaired) electrons. The van der Waals surface area contributed by atoms with E-state index < -0.39 is 12.0 Å². The molecule has 2 amide bonds. The summed E-state index contributed by atoms with van der Waals surface area (Å²) in [4.78, 5) is 27.4. The van der Waals surface area contributed by atoms with Gasteiger partial charge in [0.05, 0.1) is 12.0 Å². The van der Waals surface area contributed by atoms with Gasteiger partial charge in [-0.3, -0.25) is 14.5 Å². The van der Waals surface area contributed by atoms with E-state index in [1.54, 1.807) is 24.3 Å². The van der Waals surface area contributed by atoms with Gasteiger partial charge in [-0.15, -0.1) is 0 Å². The number of carbonyl (C=O) groups excluding carboxylic acids is 2. The van der Waals surface area contributed by atoms with Crippen LogP contribution in [-0.2, 0) is 16.1 Å². The number of benzene rings is 2. The van der Waals surface area contributed by atoms with E-state index >= 15 is 0 Å². The first-order valence-electron chi connectivity index (χ1n) is 9.31. The van der Waals surface area contributed by atoms with Gasteiger partial charge < -0.3 is 5.11 Å². The molecule has 0 unspecified atom stereocenters. The van der Waals surface area contributed by atoms with Crippen molar-refractivity contribution >= 4 is 11.8 Å². The Labute approximate surface area is 158 Å². The van der Waals surface area contributed by atoms with E-state index in [-0.39, 0.29) is 23.6 Å². The second-order valence-electron chi connectivity index (χ2n) is 7.11. The molecule has 0 aliphatic carbocycles. The van der Waals surface area contributed by atoms with Crippen LogP contribution >= 0.6 is 0 Å². The van der Waals surface area contributed by atoms with Crippen molar-refractivity contribution < 1.29 is 14.7 Å². The van der Waals surface area contributed by atoms with Crippen molar-refractivity contribution in [2.45, 2.75) is 32.0 Å². The standard InChI is InChI=1S/C21H23N3O3/c1-2-12-23-20(26)17-18(15-8-10-16(25)11-9-15)22-24(19(17)21(23)27)13-14-6-4-3-5-7-14/h3-11,17-19,22,25H,2,12-13H2,1H3/t17-,18-,19-/m1/s1. The van der Waals surface area contributed by atoms with Crippen LogP contribution in [0.4, 0.5) is 0 Å². The summed E-state index contributed by atoms with van der Waals surface area (Å²) in [6, 6.07) is 15.9. The lowest BCUT2D eigenvalue weighted by atomic mass is 9.91. The molecule has 0 spiro atoms. The molecule has 6 heteroatoms. The van der Waals surface area contributed by atoms with Crippen molar-refractivity contribution in [3.8, 4) is 5.75 Å². The SMILES string of the molecule is CCCN1C(=O)[C@@H]2[C@@H](c3ccc(O)cc3)NN(Cc3ccccc3)[C@H]2C1=O. The Morgan fingerprint density at radius 3 is 2.37 bits per heavy atom. The molecule has 2 aliphatic heterocycles. The van der Waals surface area contributed by atoms with Gasteiger partial charge in [-0.1, -0.05) is 49.4 Å². The third kappa shape index (κ3) is 3.11. The van der Waals surface area contributed by atoms with E-state index in [0.29, 0.717) is 13.1 Å². The average molecular weight is 365 g/mol. The monoisotopic (exact) mass is 365 g/mol. The highest BCUT2D eigenvalue weighted by atomic mass is 16.3. The quantitative estimate of drug-likeness (QED) is 0.795. The van der Waals surface area contributed by atoms with Crippen molar-refractivity contribution in [3.05, 3.63) is 65.7 Å². The zero-order chi connectivity index (χ0) is 19.0. The van der Waals surface area contributed by atoms with Gasteiger partial charge in [0.1, 0.15) is 11.8 Å². The average Bonchev–Trinajstić information content (AvgIpc) is 3.16. The lowest BCUT2D eigenvalue weighted by Crippen LogP contribution is -2.45. The molecular formula is C21H23N3O3. The fourth-order valence-electron chi connectivity index (χ4n) is 4.06. The van der Waals surface area contributed by atoms with Crippen LogP contribution in [0.1, 0.15) is 30.5 Å². The summed E-state index contributed by atoms with van der Waals surface area (Å²) in [5.74, 6) is -0.530. The Balaban J connectivity index is 1.68. The minimum absolute atomic E-state index is 0.118. The highest BCUT2D eigenvalue weighted by Gasteiger charge is 2.58. The van der Waals surface area contributed by atoms with Crippen molar-refractivity contribution in [1.29, 1.82) is 0 Å². The Kier molecular flexibility index (Phi) is 4.68. The number of hydrogen-bond donors (Lipinski definition) is 2. The van der Waals surface area contributed by atoms with E-state index in [1.807, 2.05) is 42.3 Å². The van der Waals surface area contributed by atoms with Crippen molar-refractivity contribution in [2.75, 3.05) is 6.54 Å². The van der Waals surface area contributed by atoms with Crippen LogP contribution in [0.25, 0.3) is 0 Å². The van der Waals surface area contributed by atoms with E-state index in [0.717, 1.165) is 17.5 Å². The van der Waals surface area contributed by atoms with Crippen LogP contribution in [-0.4, -0.2) is 39.4 Å². The maximum absolute atomic E-state index is 13.0. The highest BCUT2D eigenvalue weighted by molar-refractivity contribution is 6.07. The fraction of sp³-hybridized carbons (Fsp3) is 0.333. The Morgan fingerprint density at radius 2 is 1.70 bits per heavy atom. The second-order valence-corrected chi connectivity index (χ2v) is 7.11. The van der Waals surface area contributed by atoms with Crippen LogP contribution in [0.15, 0.2) is 54.6 Å². The molecule has 140 valence electrons. The second kappa shape index (κ2) is 7.13. The van der Waals surface area contributed by atoms with Crippen LogP contribution in [0.3, 0.4) is 0 Å². The molecular weight excluding hydrogens is 342 g/mol. The molecule has 2 saturated heterocycles. The number of rotatable bonds is 5. The van der Waals surface area contributed by atoms with Crippen LogP contribution < -0.4 is 5.43 Å². The summed E-state index contributed by atoms with van der Waals surface area (Å²) in [7, 11) is 0. The maximum Gasteiger partial charge on any atom is 0.248 e. The number of aromatic hydroxyl groups is 1. The van der Waals surface area contributed by atoms with Gasteiger partial charge in [0.2, 0.25) is 11.8 Å². The zero-order valence-corrected chi connectivity index (χ0v) is 15.2. The van der Waals surface area contributed by atoms with Crippen molar-refractivity contribution in [1.82, 2.24) is 15.3 Å². The first kappa shape index (κ1) is 17.7. The summed E-state index contributed by atoms with van der Waals surface area (Å²) in [5.41, 5.74) is 5.34. The molecule has 0 aromatic heterocycles. The molecule has 2 heterocycles. The predicted octanol–water partition coefficient (Wildman–Crippen LogP) is 2.22. The van der Waals surface area contributed by atoms with Crippen LogP contribution in [0, 0.1) is 5.92 Å². The summed E-state index contributed by atoms with van der Waals surface area (Å²) >= 11 is 0. The highest BCUT2D eigenvalue weighted by Crippen LogP contribution is 2.41. The maximum atomic E-state index is 13.0. The molecule has 6 nitrogen and oxygen atoms in total. The number of nitrogens with zero attached hydrogens (tertiary/aromatic N) is 2. The number of carbonyl (C=O) groups is 2. The van der Waals surface area contributed by atoms with Crippen LogP contribution in [0.2, 0.25) is 0 Å². The minimum Gasteiger partial charge on any atom is -0.508 e. The van der Waals surface area contributed by atoms with Gasteiger partial charge in [-0.25, -0.2) is 10.4 Å². The third-order valence-electron chi connectivity index (χ3n) is 5.31. The molecule has 27 heavy (non-hydrogen) atoms. The number of hydrogen-bond acceptors (Lipinski definition) is 5. The van der Waals surface area contributed by atoms with Gasteiger partial charge in [-0.2, -0.15) is 0 Å². The molecule has 2 aromatic rings. The van der Waals surface area contributed by atoms with Crippen molar-refractivity contribution in [3.63, 3.8) is 0 Å². The number of nitrogens with one attached hydrogen (secondary N) is 1. The summed E-state index contributed by atoms with van der Waals surface area (Å²) in [5, 5.41) is 11.5. The van der Waals surface area contributed by atoms with E-state index in [9.17, 15) is 14.7 Å². The third-order valence-corrected chi connectivity index (χ3v) is 5.31. The Bertz CT molecular complexity index is 838. The molecule has 0 bridgehead atoms. The van der Waals surface area contributed by atoms with E-state index in [2.05, 4.69) is 5.43 Å². The number of hydrazine groups is 1. The molecule has 4 rings (SSSR count). The molecule has 2 fully saturated rings.